The maximum atomic E-state index is 12.7. The molecule has 132 valence electrons. The zero-order valence-corrected chi connectivity index (χ0v) is 16.2. The first-order chi connectivity index (χ1) is 12.0. The number of amides is 1. The van der Waals surface area contributed by atoms with Crippen LogP contribution in [0.15, 0.2) is 45.4 Å². The summed E-state index contributed by atoms with van der Waals surface area (Å²) in [5.74, 6) is -0.448. The Morgan fingerprint density at radius 3 is 2.64 bits per heavy atom. The number of hydrogen-bond donors (Lipinski definition) is 0. The van der Waals surface area contributed by atoms with E-state index in [9.17, 15) is 9.59 Å². The number of allylic oxidation sites excluding steroid dienone is 1. The van der Waals surface area contributed by atoms with Crippen LogP contribution in [0.1, 0.15) is 32.4 Å². The second-order valence-corrected chi connectivity index (χ2v) is 7.95. The minimum Gasteiger partial charge on any atom is -0.463 e. The van der Waals surface area contributed by atoms with Crippen LogP contribution in [-0.4, -0.2) is 40.1 Å². The number of amidine groups is 1. The third-order valence-electron chi connectivity index (χ3n) is 4.19. The number of fused-ring (bicyclic) bond motifs is 1. The highest BCUT2D eigenvalue weighted by atomic mass is 32.2. The molecule has 0 N–H and O–H groups in total. The van der Waals surface area contributed by atoms with Crippen molar-refractivity contribution >= 4 is 40.6 Å². The van der Waals surface area contributed by atoms with Crippen molar-refractivity contribution in [2.45, 2.75) is 37.0 Å². The molecule has 25 heavy (non-hydrogen) atoms. The predicted octanol–water partition coefficient (Wildman–Crippen LogP) is 3.62. The van der Waals surface area contributed by atoms with E-state index in [0.29, 0.717) is 16.4 Å². The van der Waals surface area contributed by atoms with Gasteiger partial charge in [0.2, 0.25) is 5.91 Å². The molecule has 1 fully saturated rings. The van der Waals surface area contributed by atoms with Gasteiger partial charge in [-0.3, -0.25) is 9.69 Å². The van der Waals surface area contributed by atoms with Gasteiger partial charge in [-0.05, 0) is 44.7 Å². The topological polar surface area (TPSA) is 59.0 Å². The lowest BCUT2D eigenvalue weighted by Gasteiger charge is -2.33. The standard InChI is InChI=1S/C18H20N2O3S2/c1-5-23-17(22)14-10(2)19-18-20(16(21)11(3)25-18)15(14)12-6-8-13(24-4)9-7-12/h6-9,11,15H,5H2,1-4H3/t11-,15+/m1/s1. The van der Waals surface area contributed by atoms with Crippen molar-refractivity contribution in [1.29, 1.82) is 0 Å². The van der Waals surface area contributed by atoms with Gasteiger partial charge in [-0.1, -0.05) is 23.9 Å². The van der Waals surface area contributed by atoms with E-state index in [2.05, 4.69) is 4.99 Å². The number of hydrogen-bond acceptors (Lipinski definition) is 6. The molecule has 0 unspecified atom stereocenters. The van der Waals surface area contributed by atoms with Gasteiger partial charge in [-0.15, -0.1) is 11.8 Å². The van der Waals surface area contributed by atoms with Crippen LogP contribution in [0.2, 0.25) is 0 Å². The average Bonchev–Trinajstić information content (AvgIpc) is 2.88. The number of rotatable bonds is 4. The molecule has 0 aliphatic carbocycles. The Morgan fingerprint density at radius 2 is 2.04 bits per heavy atom. The first-order valence-corrected chi connectivity index (χ1v) is 10.2. The second-order valence-electron chi connectivity index (χ2n) is 5.76. The van der Waals surface area contributed by atoms with Crippen LogP contribution in [0.4, 0.5) is 0 Å². The molecule has 5 nitrogen and oxygen atoms in total. The summed E-state index contributed by atoms with van der Waals surface area (Å²) in [5, 5.41) is 0.447. The Morgan fingerprint density at radius 1 is 1.36 bits per heavy atom. The number of nitrogens with zero attached hydrogens (tertiary/aromatic N) is 2. The minimum absolute atomic E-state index is 0.0306. The van der Waals surface area contributed by atoms with E-state index in [1.165, 1.54) is 11.8 Å². The number of carbonyl (C=O) groups excluding carboxylic acids is 2. The van der Waals surface area contributed by atoms with E-state index in [-0.39, 0.29) is 17.8 Å². The molecule has 1 amide bonds. The second kappa shape index (κ2) is 7.25. The number of carbonyl (C=O) groups is 2. The molecule has 2 atom stereocenters. The van der Waals surface area contributed by atoms with Crippen LogP contribution in [-0.2, 0) is 14.3 Å². The quantitative estimate of drug-likeness (QED) is 0.593. The fraction of sp³-hybridized carbons (Fsp3) is 0.389. The molecular weight excluding hydrogens is 356 g/mol. The molecule has 0 saturated carbocycles. The lowest BCUT2D eigenvalue weighted by atomic mass is 9.94. The summed E-state index contributed by atoms with van der Waals surface area (Å²) in [6, 6.07) is 7.44. The molecular formula is C18H20N2O3S2. The molecule has 2 heterocycles. The summed E-state index contributed by atoms with van der Waals surface area (Å²) in [6.07, 6.45) is 2.01. The average molecular weight is 377 g/mol. The van der Waals surface area contributed by atoms with E-state index in [1.807, 2.05) is 37.4 Å². The molecule has 3 rings (SSSR count). The van der Waals surface area contributed by atoms with Gasteiger partial charge in [0.25, 0.3) is 0 Å². The van der Waals surface area contributed by atoms with E-state index in [1.54, 1.807) is 30.5 Å². The molecule has 1 saturated heterocycles. The highest BCUT2D eigenvalue weighted by Crippen LogP contribution is 2.43. The third-order valence-corrected chi connectivity index (χ3v) is 5.98. The van der Waals surface area contributed by atoms with Crippen LogP contribution in [0.5, 0.6) is 0 Å². The third kappa shape index (κ3) is 3.22. The molecule has 2 aliphatic rings. The first kappa shape index (κ1) is 18.1. The number of thioether (sulfide) groups is 2. The van der Waals surface area contributed by atoms with Crippen molar-refractivity contribution in [3.8, 4) is 0 Å². The molecule has 1 aromatic rings. The SMILES string of the molecule is CCOC(=O)C1=C(C)N=C2S[C@H](C)C(=O)N2[C@H]1c1ccc(SC)cc1. The van der Waals surface area contributed by atoms with Gasteiger partial charge in [-0.25, -0.2) is 9.79 Å². The lowest BCUT2D eigenvalue weighted by Crippen LogP contribution is -2.40. The van der Waals surface area contributed by atoms with Crippen LogP contribution >= 0.6 is 23.5 Å². The van der Waals surface area contributed by atoms with Gasteiger partial charge in [0.1, 0.15) is 0 Å². The maximum Gasteiger partial charge on any atom is 0.338 e. The van der Waals surface area contributed by atoms with E-state index >= 15 is 0 Å². The van der Waals surface area contributed by atoms with E-state index in [4.69, 9.17) is 4.74 Å². The monoisotopic (exact) mass is 376 g/mol. The van der Waals surface area contributed by atoms with Gasteiger partial charge in [0, 0.05) is 4.90 Å². The normalized spacial score (nSPS) is 22.8. The van der Waals surface area contributed by atoms with Crippen molar-refractivity contribution in [2.24, 2.45) is 4.99 Å². The van der Waals surface area contributed by atoms with E-state index in [0.717, 1.165) is 10.5 Å². The maximum absolute atomic E-state index is 12.7. The first-order valence-electron chi connectivity index (χ1n) is 8.08. The Balaban J connectivity index is 2.12. The van der Waals surface area contributed by atoms with Crippen molar-refractivity contribution in [3.05, 3.63) is 41.1 Å². The summed E-state index contributed by atoms with van der Waals surface area (Å²) >= 11 is 3.08. The summed E-state index contributed by atoms with van der Waals surface area (Å²) in [5.41, 5.74) is 1.93. The Hall–Kier alpha value is -1.73. The number of esters is 1. The predicted molar refractivity (Wildman–Crippen MR) is 102 cm³/mol. The molecule has 2 aliphatic heterocycles. The van der Waals surface area contributed by atoms with Crippen LogP contribution in [0.25, 0.3) is 0 Å². The summed E-state index contributed by atoms with van der Waals surface area (Å²) in [7, 11) is 0. The van der Waals surface area contributed by atoms with Crippen LogP contribution < -0.4 is 0 Å². The van der Waals surface area contributed by atoms with Gasteiger partial charge < -0.3 is 4.74 Å². The summed E-state index contributed by atoms with van der Waals surface area (Å²) in [4.78, 5) is 32.6. The Kier molecular flexibility index (Phi) is 5.24. The fourth-order valence-corrected chi connectivity index (χ4v) is 4.41. The Labute approximate surface area is 155 Å². The largest absolute Gasteiger partial charge is 0.463 e. The Bertz CT molecular complexity index is 771. The van der Waals surface area contributed by atoms with Crippen molar-refractivity contribution < 1.29 is 14.3 Å². The van der Waals surface area contributed by atoms with Crippen LogP contribution in [0.3, 0.4) is 0 Å². The molecule has 1 aromatic carbocycles. The number of benzene rings is 1. The molecule has 0 spiro atoms. The van der Waals surface area contributed by atoms with Crippen LogP contribution in [0, 0.1) is 0 Å². The van der Waals surface area contributed by atoms with Gasteiger partial charge in [-0.2, -0.15) is 0 Å². The summed E-state index contributed by atoms with van der Waals surface area (Å²) in [6.45, 7) is 5.71. The lowest BCUT2D eigenvalue weighted by molar-refractivity contribution is -0.139. The molecule has 0 bridgehead atoms. The zero-order valence-electron chi connectivity index (χ0n) is 14.6. The van der Waals surface area contributed by atoms with Crippen molar-refractivity contribution in [3.63, 3.8) is 0 Å². The number of ether oxygens (including phenoxy) is 1. The molecule has 0 radical (unpaired) electrons. The van der Waals surface area contributed by atoms with E-state index < -0.39 is 12.0 Å². The van der Waals surface area contributed by atoms with Gasteiger partial charge >= 0.3 is 5.97 Å². The molecule has 0 aromatic heterocycles. The van der Waals surface area contributed by atoms with Crippen molar-refractivity contribution in [1.82, 2.24) is 4.90 Å². The molecule has 7 heteroatoms. The zero-order chi connectivity index (χ0) is 18.1. The fourth-order valence-electron chi connectivity index (χ4n) is 2.97. The minimum atomic E-state index is -0.493. The summed E-state index contributed by atoms with van der Waals surface area (Å²) < 4.78 is 5.24. The van der Waals surface area contributed by atoms with Crippen molar-refractivity contribution in [2.75, 3.05) is 12.9 Å². The van der Waals surface area contributed by atoms with Gasteiger partial charge in [0.15, 0.2) is 5.17 Å². The number of aliphatic imine (C=N–C) groups is 1. The highest BCUT2D eigenvalue weighted by Gasteiger charge is 2.46. The highest BCUT2D eigenvalue weighted by molar-refractivity contribution is 8.15. The smallest absolute Gasteiger partial charge is 0.338 e. The van der Waals surface area contributed by atoms with Gasteiger partial charge in [0.05, 0.1) is 29.2 Å².